The third-order valence-electron chi connectivity index (χ3n) is 5.43. The summed E-state index contributed by atoms with van der Waals surface area (Å²) in [6, 6.07) is -1.27. The highest BCUT2D eigenvalue weighted by atomic mass is 32.2. The van der Waals surface area contributed by atoms with Gasteiger partial charge in [-0.1, -0.05) is 11.6 Å². The number of nitrogens with one attached hydrogen (secondary N) is 2. The average Bonchev–Trinajstić information content (AvgIpc) is 3.16. The van der Waals surface area contributed by atoms with Crippen LogP contribution in [-0.4, -0.2) is 58.5 Å². The van der Waals surface area contributed by atoms with Crippen LogP contribution in [0.4, 0.5) is 4.79 Å². The van der Waals surface area contributed by atoms with Crippen molar-refractivity contribution in [1.29, 1.82) is 0 Å². The zero-order valence-electron chi connectivity index (χ0n) is 16.1. The van der Waals surface area contributed by atoms with Gasteiger partial charge in [-0.15, -0.1) is 11.8 Å². The molecule has 9 heteroatoms. The van der Waals surface area contributed by atoms with Crippen LogP contribution in [0.15, 0.2) is 11.6 Å². The predicted octanol–water partition coefficient (Wildman–Crippen LogP) is 1.70. The maximum absolute atomic E-state index is 12.3. The van der Waals surface area contributed by atoms with Crippen molar-refractivity contribution < 1.29 is 23.9 Å². The van der Waals surface area contributed by atoms with Gasteiger partial charge < -0.3 is 15.0 Å². The monoisotopic (exact) mass is 409 g/mol. The Bertz CT molecular complexity index is 695. The van der Waals surface area contributed by atoms with Crippen molar-refractivity contribution in [3.8, 4) is 0 Å². The van der Waals surface area contributed by atoms with Gasteiger partial charge in [-0.3, -0.25) is 14.9 Å². The van der Waals surface area contributed by atoms with Crippen molar-refractivity contribution >= 4 is 35.6 Å². The molecule has 154 valence electrons. The molecule has 3 aliphatic rings. The van der Waals surface area contributed by atoms with Gasteiger partial charge in [0.05, 0.1) is 4.87 Å². The number of esters is 1. The Morgan fingerprint density at radius 1 is 1.32 bits per heavy atom. The van der Waals surface area contributed by atoms with Crippen molar-refractivity contribution in [2.24, 2.45) is 0 Å². The molecule has 8 nitrogen and oxygen atoms in total. The molecule has 1 aliphatic carbocycles. The van der Waals surface area contributed by atoms with Gasteiger partial charge >= 0.3 is 12.0 Å². The molecule has 2 fully saturated rings. The van der Waals surface area contributed by atoms with Crippen LogP contribution in [0.2, 0.25) is 0 Å². The summed E-state index contributed by atoms with van der Waals surface area (Å²) in [6.45, 7) is 1.85. The second-order valence-corrected chi connectivity index (χ2v) is 9.04. The molecule has 2 atom stereocenters. The molecule has 0 aromatic carbocycles. The van der Waals surface area contributed by atoms with E-state index in [1.54, 1.807) is 16.7 Å². The lowest BCUT2D eigenvalue weighted by Crippen LogP contribution is -2.47. The van der Waals surface area contributed by atoms with Gasteiger partial charge in [0, 0.05) is 18.7 Å². The summed E-state index contributed by atoms with van der Waals surface area (Å²) in [7, 11) is 0. The normalized spacial score (nSPS) is 26.5. The smallest absolute Gasteiger partial charge is 0.330 e. The van der Waals surface area contributed by atoms with Gasteiger partial charge in [0.25, 0.3) is 5.91 Å². The summed E-state index contributed by atoms with van der Waals surface area (Å²) in [5, 5.41) is 4.79. The van der Waals surface area contributed by atoms with Gasteiger partial charge in [0.15, 0.2) is 6.61 Å². The van der Waals surface area contributed by atoms with E-state index in [2.05, 4.69) is 16.7 Å². The van der Waals surface area contributed by atoms with Crippen LogP contribution in [0.3, 0.4) is 0 Å². The lowest BCUT2D eigenvalue weighted by atomic mass is 9.97. The van der Waals surface area contributed by atoms with E-state index in [1.165, 1.54) is 18.4 Å². The van der Waals surface area contributed by atoms with Crippen molar-refractivity contribution in [2.75, 3.05) is 18.9 Å². The number of rotatable bonds is 6. The standard InChI is InChI=1S/C19H27N3O5S/c1-19-9-7-16(24)22(19)14(12-28-19)17(25)27-11-15(23)21-18(26)20-10-8-13-5-3-2-4-6-13/h5,14H,2-4,6-12H2,1H3,(H2,20,21,23,26)/t14-,19+/m1/s1. The van der Waals surface area contributed by atoms with E-state index in [4.69, 9.17) is 4.74 Å². The van der Waals surface area contributed by atoms with E-state index < -0.39 is 30.6 Å². The fourth-order valence-corrected chi connectivity index (χ4v) is 5.32. The van der Waals surface area contributed by atoms with E-state index >= 15 is 0 Å². The fraction of sp³-hybridized carbons (Fsp3) is 0.684. The summed E-state index contributed by atoms with van der Waals surface area (Å²) >= 11 is 1.56. The molecule has 28 heavy (non-hydrogen) atoms. The Balaban J connectivity index is 1.36. The van der Waals surface area contributed by atoms with Gasteiger partial charge in [-0.05, 0) is 45.4 Å². The van der Waals surface area contributed by atoms with Gasteiger partial charge in [0.2, 0.25) is 5.91 Å². The Kier molecular flexibility index (Phi) is 6.64. The zero-order chi connectivity index (χ0) is 20.1. The van der Waals surface area contributed by atoms with E-state index in [0.29, 0.717) is 25.1 Å². The number of thioether (sulfide) groups is 1. The molecule has 0 saturated carbocycles. The van der Waals surface area contributed by atoms with Crippen LogP contribution in [0.25, 0.3) is 0 Å². The molecule has 0 radical (unpaired) electrons. The molecule has 2 N–H and O–H groups in total. The van der Waals surface area contributed by atoms with Crippen molar-refractivity contribution in [3.05, 3.63) is 11.6 Å². The number of hydrogen-bond acceptors (Lipinski definition) is 6. The minimum absolute atomic E-state index is 0.0636. The maximum atomic E-state index is 12.3. The first-order chi connectivity index (χ1) is 13.4. The van der Waals surface area contributed by atoms with E-state index in [-0.39, 0.29) is 10.8 Å². The number of carbonyl (C=O) groups excluding carboxylic acids is 4. The van der Waals surface area contributed by atoms with Crippen molar-refractivity contribution in [2.45, 2.75) is 62.8 Å². The van der Waals surface area contributed by atoms with E-state index in [0.717, 1.165) is 19.3 Å². The lowest BCUT2D eigenvalue weighted by molar-refractivity contribution is -0.156. The molecule has 4 amide bonds. The van der Waals surface area contributed by atoms with Crippen LogP contribution in [0.1, 0.15) is 51.9 Å². The number of nitrogens with zero attached hydrogens (tertiary/aromatic N) is 1. The Morgan fingerprint density at radius 2 is 2.14 bits per heavy atom. The molecule has 0 bridgehead atoms. The third-order valence-corrected chi connectivity index (χ3v) is 6.94. The van der Waals surface area contributed by atoms with Crippen LogP contribution >= 0.6 is 11.8 Å². The SMILES string of the molecule is C[C@]12CCC(=O)N1[C@@H](C(=O)OCC(=O)NC(=O)NCCC1=CCCCC1)CS2. The molecular formula is C19H27N3O5S. The molecule has 2 saturated heterocycles. The Morgan fingerprint density at radius 3 is 2.89 bits per heavy atom. The highest BCUT2D eigenvalue weighted by Crippen LogP contribution is 2.47. The van der Waals surface area contributed by atoms with Crippen LogP contribution in [0, 0.1) is 0 Å². The Labute approximate surface area is 168 Å². The molecule has 0 unspecified atom stereocenters. The zero-order valence-corrected chi connectivity index (χ0v) is 16.9. The van der Waals surface area contributed by atoms with E-state index in [1.807, 2.05) is 6.92 Å². The Hall–Kier alpha value is -2.03. The molecule has 2 aliphatic heterocycles. The number of allylic oxidation sites excluding steroid dienone is 1. The van der Waals surface area contributed by atoms with Crippen LogP contribution in [-0.2, 0) is 19.1 Å². The van der Waals surface area contributed by atoms with E-state index in [9.17, 15) is 19.2 Å². The average molecular weight is 410 g/mol. The maximum Gasteiger partial charge on any atom is 0.330 e. The van der Waals surface area contributed by atoms with Gasteiger partial charge in [0.1, 0.15) is 6.04 Å². The van der Waals surface area contributed by atoms with Crippen LogP contribution < -0.4 is 10.6 Å². The highest BCUT2D eigenvalue weighted by Gasteiger charge is 2.53. The van der Waals surface area contributed by atoms with Crippen LogP contribution in [0.5, 0.6) is 0 Å². The lowest BCUT2D eigenvalue weighted by Gasteiger charge is -2.29. The van der Waals surface area contributed by atoms with Gasteiger partial charge in [-0.2, -0.15) is 0 Å². The summed E-state index contributed by atoms with van der Waals surface area (Å²) < 4.78 is 5.04. The molecule has 3 rings (SSSR count). The number of carbonyl (C=O) groups is 4. The number of amides is 4. The second-order valence-electron chi connectivity index (χ2n) is 7.54. The first-order valence-electron chi connectivity index (χ1n) is 9.77. The fourth-order valence-electron chi connectivity index (χ4n) is 3.90. The number of hydrogen-bond donors (Lipinski definition) is 2. The number of ether oxygens (including phenoxy) is 1. The summed E-state index contributed by atoms with van der Waals surface area (Å²) in [5.41, 5.74) is 1.34. The minimum atomic E-state index is -0.691. The number of urea groups is 1. The first kappa shape index (κ1) is 20.7. The topological polar surface area (TPSA) is 105 Å². The predicted molar refractivity (Wildman–Crippen MR) is 104 cm³/mol. The molecular weight excluding hydrogens is 382 g/mol. The first-order valence-corrected chi connectivity index (χ1v) is 10.8. The number of imide groups is 1. The third kappa shape index (κ3) is 4.87. The molecule has 0 aromatic rings. The van der Waals surface area contributed by atoms with Gasteiger partial charge in [-0.25, -0.2) is 9.59 Å². The second kappa shape index (κ2) is 8.98. The summed E-state index contributed by atoms with van der Waals surface area (Å²) in [6.07, 6.45) is 8.68. The number of fused-ring (bicyclic) bond motifs is 1. The molecule has 0 aromatic heterocycles. The quantitative estimate of drug-likeness (QED) is 0.511. The highest BCUT2D eigenvalue weighted by molar-refractivity contribution is 8.01. The molecule has 2 heterocycles. The largest absolute Gasteiger partial charge is 0.454 e. The van der Waals surface area contributed by atoms with Crippen molar-refractivity contribution in [1.82, 2.24) is 15.5 Å². The summed E-state index contributed by atoms with van der Waals surface area (Å²) in [4.78, 5) is 49.2. The summed E-state index contributed by atoms with van der Waals surface area (Å²) in [5.74, 6) is -0.902. The van der Waals surface area contributed by atoms with Crippen molar-refractivity contribution in [3.63, 3.8) is 0 Å². The molecule has 0 spiro atoms. The minimum Gasteiger partial charge on any atom is -0.454 e.